The maximum Gasteiger partial charge on any atom is 0.271 e. The molecular formula is C23H30N2O6. The second-order valence-electron chi connectivity index (χ2n) is 6.14. The van der Waals surface area contributed by atoms with Gasteiger partial charge in [-0.2, -0.15) is 5.10 Å². The summed E-state index contributed by atoms with van der Waals surface area (Å²) >= 11 is 0. The molecule has 0 atom stereocenters. The second kappa shape index (κ2) is 12.3. The van der Waals surface area contributed by atoms with Crippen molar-refractivity contribution >= 4 is 12.1 Å². The molecule has 0 unspecified atom stereocenters. The number of benzene rings is 2. The lowest BCUT2D eigenvalue weighted by Gasteiger charge is -2.16. The van der Waals surface area contributed by atoms with Gasteiger partial charge in [0.15, 0.2) is 23.0 Å². The van der Waals surface area contributed by atoms with Crippen molar-refractivity contribution in [1.29, 1.82) is 0 Å². The van der Waals surface area contributed by atoms with Crippen LogP contribution < -0.4 is 29.1 Å². The van der Waals surface area contributed by atoms with Crippen LogP contribution in [0.25, 0.3) is 0 Å². The Hall–Kier alpha value is -3.42. The van der Waals surface area contributed by atoms with Gasteiger partial charge >= 0.3 is 0 Å². The van der Waals surface area contributed by atoms with Crippen LogP contribution in [0.1, 0.15) is 43.6 Å². The van der Waals surface area contributed by atoms with Crippen LogP contribution in [-0.2, 0) is 0 Å². The summed E-state index contributed by atoms with van der Waals surface area (Å²) in [7, 11) is 1.57. The first-order valence-corrected chi connectivity index (χ1v) is 10.3. The minimum absolute atomic E-state index is 0.344. The van der Waals surface area contributed by atoms with E-state index in [0.717, 1.165) is 5.56 Å². The molecule has 1 amide bonds. The molecule has 2 aromatic carbocycles. The van der Waals surface area contributed by atoms with Crippen LogP contribution in [0.3, 0.4) is 0 Å². The van der Waals surface area contributed by atoms with Crippen molar-refractivity contribution in [2.24, 2.45) is 5.10 Å². The van der Waals surface area contributed by atoms with Crippen LogP contribution in [-0.4, -0.2) is 45.7 Å². The van der Waals surface area contributed by atoms with Crippen LogP contribution >= 0.6 is 0 Å². The molecule has 0 aliphatic rings. The lowest BCUT2D eigenvalue weighted by molar-refractivity contribution is 0.0954. The predicted molar refractivity (Wildman–Crippen MR) is 119 cm³/mol. The summed E-state index contributed by atoms with van der Waals surface area (Å²) in [6, 6.07) is 8.61. The van der Waals surface area contributed by atoms with Gasteiger partial charge in [0.1, 0.15) is 0 Å². The Balaban J connectivity index is 2.21. The van der Waals surface area contributed by atoms with Gasteiger partial charge in [0.05, 0.1) is 39.8 Å². The monoisotopic (exact) mass is 430 g/mol. The molecule has 0 fully saturated rings. The summed E-state index contributed by atoms with van der Waals surface area (Å²) in [6.45, 7) is 9.33. The zero-order valence-electron chi connectivity index (χ0n) is 18.7. The van der Waals surface area contributed by atoms with Crippen molar-refractivity contribution in [2.75, 3.05) is 33.5 Å². The number of carbonyl (C=O) groups is 1. The summed E-state index contributed by atoms with van der Waals surface area (Å²) in [5.41, 5.74) is 3.61. The Morgan fingerprint density at radius 1 is 0.839 bits per heavy atom. The van der Waals surface area contributed by atoms with Crippen molar-refractivity contribution < 1.29 is 28.5 Å². The number of hydrogen-bond acceptors (Lipinski definition) is 7. The van der Waals surface area contributed by atoms with E-state index in [1.807, 2.05) is 33.8 Å². The van der Waals surface area contributed by atoms with Crippen LogP contribution in [0.4, 0.5) is 0 Å². The number of carbonyl (C=O) groups excluding carboxylic acids is 1. The van der Waals surface area contributed by atoms with E-state index >= 15 is 0 Å². The zero-order chi connectivity index (χ0) is 22.6. The summed E-state index contributed by atoms with van der Waals surface area (Å²) in [6.07, 6.45) is 1.53. The van der Waals surface area contributed by atoms with Gasteiger partial charge in [-0.1, -0.05) is 0 Å². The van der Waals surface area contributed by atoms with Crippen molar-refractivity contribution in [2.45, 2.75) is 27.7 Å². The fourth-order valence-corrected chi connectivity index (χ4v) is 2.79. The van der Waals surface area contributed by atoms with Crippen molar-refractivity contribution in [1.82, 2.24) is 5.43 Å². The van der Waals surface area contributed by atoms with E-state index in [9.17, 15) is 4.79 Å². The molecule has 31 heavy (non-hydrogen) atoms. The van der Waals surface area contributed by atoms with Gasteiger partial charge in [0, 0.05) is 5.56 Å². The highest BCUT2D eigenvalue weighted by molar-refractivity contribution is 5.96. The van der Waals surface area contributed by atoms with Gasteiger partial charge in [-0.15, -0.1) is 0 Å². The van der Waals surface area contributed by atoms with Crippen LogP contribution in [0, 0.1) is 0 Å². The molecule has 0 radical (unpaired) electrons. The Kier molecular flexibility index (Phi) is 9.48. The van der Waals surface area contributed by atoms with Gasteiger partial charge in [-0.3, -0.25) is 4.79 Å². The third kappa shape index (κ3) is 6.53. The average Bonchev–Trinajstić information content (AvgIpc) is 2.77. The Morgan fingerprint density at radius 3 is 1.97 bits per heavy atom. The summed E-state index contributed by atoms with van der Waals surface area (Å²) < 4.78 is 27.8. The highest BCUT2D eigenvalue weighted by atomic mass is 16.5. The maximum absolute atomic E-state index is 12.7. The molecule has 0 saturated carbocycles. The van der Waals surface area contributed by atoms with Gasteiger partial charge in [-0.05, 0) is 63.6 Å². The summed E-state index contributed by atoms with van der Waals surface area (Å²) in [4.78, 5) is 12.7. The first-order valence-electron chi connectivity index (χ1n) is 10.3. The van der Waals surface area contributed by atoms with Gasteiger partial charge in [0.25, 0.3) is 5.91 Å². The minimum Gasteiger partial charge on any atom is -0.493 e. The van der Waals surface area contributed by atoms with E-state index in [1.54, 1.807) is 31.4 Å². The largest absolute Gasteiger partial charge is 0.493 e. The number of rotatable bonds is 12. The lowest BCUT2D eigenvalue weighted by atomic mass is 10.1. The molecule has 2 aromatic rings. The molecule has 8 nitrogen and oxygen atoms in total. The quantitative estimate of drug-likeness (QED) is 0.404. The Labute approximate surface area is 183 Å². The number of ether oxygens (including phenoxy) is 5. The molecule has 0 saturated heterocycles. The third-order valence-electron chi connectivity index (χ3n) is 4.04. The van der Waals surface area contributed by atoms with Crippen molar-refractivity contribution in [3.05, 3.63) is 41.5 Å². The standard InChI is InChI=1S/C23H30N2O6/c1-6-28-18-11-10-16(12-19(18)27-5)15-24-25-23(26)17-13-20(29-7-2)22(31-9-4)21(14-17)30-8-3/h10-15H,6-9H2,1-5H3,(H,25,26)/b24-15+. The number of amides is 1. The number of methoxy groups -OCH3 is 1. The van der Waals surface area contributed by atoms with E-state index < -0.39 is 5.91 Å². The molecule has 0 aromatic heterocycles. The fourth-order valence-electron chi connectivity index (χ4n) is 2.79. The lowest BCUT2D eigenvalue weighted by Crippen LogP contribution is -2.18. The SMILES string of the molecule is CCOc1ccc(/C=N/NC(=O)c2cc(OCC)c(OCC)c(OCC)c2)cc1OC. The molecule has 0 spiro atoms. The van der Waals surface area contributed by atoms with E-state index in [-0.39, 0.29) is 0 Å². The normalized spacial score (nSPS) is 10.6. The molecule has 0 bridgehead atoms. The molecule has 0 aliphatic heterocycles. The van der Waals surface area contributed by atoms with Crippen LogP contribution in [0.5, 0.6) is 28.7 Å². The second-order valence-corrected chi connectivity index (χ2v) is 6.14. The highest BCUT2D eigenvalue weighted by Crippen LogP contribution is 2.39. The van der Waals surface area contributed by atoms with E-state index in [0.29, 0.717) is 60.7 Å². The number of nitrogens with zero attached hydrogens (tertiary/aromatic N) is 1. The average molecular weight is 431 g/mol. The van der Waals surface area contributed by atoms with Gasteiger partial charge < -0.3 is 23.7 Å². The first kappa shape index (κ1) is 23.9. The predicted octanol–water partition coefficient (Wildman–Crippen LogP) is 4.05. The Morgan fingerprint density at radius 2 is 1.42 bits per heavy atom. The smallest absolute Gasteiger partial charge is 0.271 e. The van der Waals surface area contributed by atoms with Gasteiger partial charge in [0.2, 0.25) is 5.75 Å². The first-order chi connectivity index (χ1) is 15.1. The van der Waals surface area contributed by atoms with Crippen LogP contribution in [0.15, 0.2) is 35.4 Å². The molecule has 0 heterocycles. The third-order valence-corrected chi connectivity index (χ3v) is 4.04. The molecular weight excluding hydrogens is 400 g/mol. The minimum atomic E-state index is -0.404. The number of hydrogen-bond donors (Lipinski definition) is 1. The van der Waals surface area contributed by atoms with Gasteiger partial charge in [-0.25, -0.2) is 5.43 Å². The summed E-state index contributed by atoms with van der Waals surface area (Å²) in [5.74, 6) is 2.20. The van der Waals surface area contributed by atoms with Crippen molar-refractivity contribution in [3.63, 3.8) is 0 Å². The number of nitrogens with one attached hydrogen (secondary N) is 1. The molecule has 0 aliphatic carbocycles. The molecule has 168 valence electrons. The van der Waals surface area contributed by atoms with E-state index in [4.69, 9.17) is 23.7 Å². The molecule has 2 rings (SSSR count). The topological polar surface area (TPSA) is 87.6 Å². The highest BCUT2D eigenvalue weighted by Gasteiger charge is 2.18. The molecule has 1 N–H and O–H groups in total. The number of hydrazone groups is 1. The molecule has 8 heteroatoms. The maximum atomic E-state index is 12.7. The zero-order valence-corrected chi connectivity index (χ0v) is 18.7. The van der Waals surface area contributed by atoms with E-state index in [1.165, 1.54) is 6.21 Å². The summed E-state index contributed by atoms with van der Waals surface area (Å²) in [5, 5.41) is 4.05. The van der Waals surface area contributed by atoms with Crippen LogP contribution in [0.2, 0.25) is 0 Å². The fraction of sp³-hybridized carbons (Fsp3) is 0.391. The Bertz CT molecular complexity index is 871. The van der Waals surface area contributed by atoms with E-state index in [2.05, 4.69) is 10.5 Å². The van der Waals surface area contributed by atoms with Crippen molar-refractivity contribution in [3.8, 4) is 28.7 Å².